The van der Waals surface area contributed by atoms with Crippen molar-refractivity contribution in [1.29, 1.82) is 0 Å². The lowest BCUT2D eigenvalue weighted by molar-refractivity contribution is -0.136. The molecule has 0 aliphatic rings. The Kier molecular flexibility index (Phi) is 10.4. The maximum atomic E-state index is 11.9. The summed E-state index contributed by atoms with van der Waals surface area (Å²) in [5.41, 5.74) is 1.57. The fourth-order valence-corrected chi connectivity index (χ4v) is 2.96. The average Bonchev–Trinajstić information content (AvgIpc) is 2.55. The lowest BCUT2D eigenvalue weighted by Crippen LogP contribution is -2.36. The Balaban J connectivity index is 2.15. The Morgan fingerprint density at radius 2 is 1.58 bits per heavy atom. The summed E-state index contributed by atoms with van der Waals surface area (Å²) in [5.74, 6) is -1.18. The van der Waals surface area contributed by atoms with Crippen molar-refractivity contribution in [2.75, 3.05) is 11.9 Å². The van der Waals surface area contributed by atoms with Gasteiger partial charge in [0.15, 0.2) is 0 Å². The van der Waals surface area contributed by atoms with Crippen LogP contribution in [0.25, 0.3) is 0 Å². The highest BCUT2D eigenvalue weighted by Crippen LogP contribution is 2.19. The maximum absolute atomic E-state index is 11.9. The van der Waals surface area contributed by atoms with Crippen LogP contribution in [0.2, 0.25) is 0 Å². The van der Waals surface area contributed by atoms with E-state index in [-0.39, 0.29) is 0 Å². The van der Waals surface area contributed by atoms with Crippen molar-refractivity contribution in [2.24, 2.45) is 0 Å². The van der Waals surface area contributed by atoms with Crippen LogP contribution in [0.4, 0.5) is 5.69 Å². The quantitative estimate of drug-likeness (QED) is 0.433. The number of amides is 2. The molecular weight excluding hydrogens is 368 g/mol. The van der Waals surface area contributed by atoms with Gasteiger partial charge in [0, 0.05) is 16.7 Å². The molecule has 0 heterocycles. The maximum Gasteiger partial charge on any atom is 0.313 e. The van der Waals surface area contributed by atoms with Crippen LogP contribution in [-0.4, -0.2) is 18.4 Å². The molecule has 1 aromatic carbocycles. The minimum Gasteiger partial charge on any atom is -0.348 e. The molecular formula is C19H29BrN2O2. The van der Waals surface area contributed by atoms with Crippen molar-refractivity contribution in [1.82, 2.24) is 5.32 Å². The van der Waals surface area contributed by atoms with Crippen LogP contribution in [0, 0.1) is 6.92 Å². The summed E-state index contributed by atoms with van der Waals surface area (Å²) in [6, 6.07) is 5.51. The summed E-state index contributed by atoms with van der Waals surface area (Å²) < 4.78 is 0.942. The summed E-state index contributed by atoms with van der Waals surface area (Å²) in [6.45, 7) is 4.66. The Morgan fingerprint density at radius 1 is 0.958 bits per heavy atom. The van der Waals surface area contributed by atoms with Gasteiger partial charge in [0.2, 0.25) is 0 Å². The number of nitrogens with one attached hydrogen (secondary N) is 2. The molecule has 1 aromatic rings. The highest BCUT2D eigenvalue weighted by atomic mass is 79.9. The molecule has 0 spiro atoms. The number of benzene rings is 1. The van der Waals surface area contributed by atoms with Crippen LogP contribution in [0.15, 0.2) is 22.7 Å². The number of carbonyl (C=O) groups excluding carboxylic acids is 2. The Bertz CT molecular complexity index is 532. The van der Waals surface area contributed by atoms with Crippen LogP contribution in [0.1, 0.15) is 63.9 Å². The summed E-state index contributed by atoms with van der Waals surface area (Å²) in [7, 11) is 0. The first-order valence-electron chi connectivity index (χ1n) is 8.90. The number of unbranched alkanes of at least 4 members (excludes halogenated alkanes) is 7. The third-order valence-corrected chi connectivity index (χ3v) is 4.45. The van der Waals surface area contributed by atoms with Crippen molar-refractivity contribution >= 4 is 33.4 Å². The SMILES string of the molecule is CCCCCCCCCCNC(=O)C(=O)Nc1ccc(Br)cc1C. The van der Waals surface area contributed by atoms with E-state index >= 15 is 0 Å². The summed E-state index contributed by atoms with van der Waals surface area (Å²) in [5, 5.41) is 5.33. The zero-order valence-electron chi connectivity index (χ0n) is 14.8. The second kappa shape index (κ2) is 12.1. The summed E-state index contributed by atoms with van der Waals surface area (Å²) in [4.78, 5) is 23.7. The average molecular weight is 397 g/mol. The molecule has 0 saturated carbocycles. The molecule has 0 aliphatic carbocycles. The van der Waals surface area contributed by atoms with Gasteiger partial charge in [0.25, 0.3) is 0 Å². The zero-order chi connectivity index (χ0) is 17.8. The van der Waals surface area contributed by atoms with Gasteiger partial charge in [-0.1, -0.05) is 67.8 Å². The zero-order valence-corrected chi connectivity index (χ0v) is 16.4. The minimum atomic E-state index is -0.611. The highest BCUT2D eigenvalue weighted by Gasteiger charge is 2.13. The second-order valence-corrected chi connectivity index (χ2v) is 7.06. The number of rotatable bonds is 10. The number of anilines is 1. The van der Waals surface area contributed by atoms with Crippen LogP contribution in [-0.2, 0) is 9.59 Å². The number of carbonyl (C=O) groups is 2. The Labute approximate surface area is 153 Å². The van der Waals surface area contributed by atoms with E-state index in [1.165, 1.54) is 38.5 Å². The molecule has 1 rings (SSSR count). The summed E-state index contributed by atoms with van der Waals surface area (Å²) >= 11 is 3.37. The monoisotopic (exact) mass is 396 g/mol. The van der Waals surface area contributed by atoms with E-state index in [0.717, 1.165) is 22.9 Å². The first kappa shape index (κ1) is 20.7. The number of hydrogen-bond donors (Lipinski definition) is 2. The molecule has 2 N–H and O–H groups in total. The standard InChI is InChI=1S/C19H29BrN2O2/c1-3-4-5-6-7-8-9-10-13-21-18(23)19(24)22-17-12-11-16(20)14-15(17)2/h11-12,14H,3-10,13H2,1-2H3,(H,21,23)(H,22,24). The van der Waals surface area contributed by atoms with Gasteiger partial charge in [0.1, 0.15) is 0 Å². The number of aryl methyl sites for hydroxylation is 1. The molecule has 0 atom stereocenters. The molecule has 0 saturated heterocycles. The third kappa shape index (κ3) is 8.48. The van der Waals surface area contributed by atoms with Crippen LogP contribution >= 0.6 is 15.9 Å². The van der Waals surface area contributed by atoms with E-state index in [1.54, 1.807) is 6.07 Å². The molecule has 0 aliphatic heterocycles. The van der Waals surface area contributed by atoms with E-state index in [0.29, 0.717) is 12.2 Å². The van der Waals surface area contributed by atoms with Crippen LogP contribution in [0.3, 0.4) is 0 Å². The molecule has 0 unspecified atom stereocenters. The number of hydrogen-bond acceptors (Lipinski definition) is 2. The first-order valence-corrected chi connectivity index (χ1v) is 9.69. The molecule has 0 fully saturated rings. The molecule has 24 heavy (non-hydrogen) atoms. The topological polar surface area (TPSA) is 58.2 Å². The smallest absolute Gasteiger partial charge is 0.313 e. The van der Waals surface area contributed by atoms with Crippen molar-refractivity contribution in [3.8, 4) is 0 Å². The van der Waals surface area contributed by atoms with Gasteiger partial charge >= 0.3 is 11.8 Å². The van der Waals surface area contributed by atoms with Crippen molar-refractivity contribution < 1.29 is 9.59 Å². The van der Waals surface area contributed by atoms with Gasteiger partial charge in [-0.25, -0.2) is 0 Å². The first-order chi connectivity index (χ1) is 11.5. The van der Waals surface area contributed by atoms with Crippen LogP contribution in [0.5, 0.6) is 0 Å². The van der Waals surface area contributed by atoms with Crippen molar-refractivity contribution in [3.63, 3.8) is 0 Å². The van der Waals surface area contributed by atoms with Crippen molar-refractivity contribution in [3.05, 3.63) is 28.2 Å². The summed E-state index contributed by atoms with van der Waals surface area (Å²) in [6.07, 6.45) is 9.69. The van der Waals surface area contributed by atoms with Crippen LogP contribution < -0.4 is 10.6 Å². The van der Waals surface area contributed by atoms with Crippen molar-refractivity contribution in [2.45, 2.75) is 65.2 Å². The highest BCUT2D eigenvalue weighted by molar-refractivity contribution is 9.10. The van der Waals surface area contributed by atoms with Gasteiger partial charge < -0.3 is 10.6 Å². The Morgan fingerprint density at radius 3 is 2.21 bits per heavy atom. The predicted octanol–water partition coefficient (Wildman–Crippen LogP) is 4.95. The predicted molar refractivity (Wildman–Crippen MR) is 103 cm³/mol. The van der Waals surface area contributed by atoms with Gasteiger partial charge in [-0.05, 0) is 37.1 Å². The molecule has 2 amide bonds. The van der Waals surface area contributed by atoms with Gasteiger partial charge in [-0.2, -0.15) is 0 Å². The molecule has 0 radical (unpaired) electrons. The lowest BCUT2D eigenvalue weighted by atomic mass is 10.1. The van der Waals surface area contributed by atoms with E-state index in [1.807, 2.05) is 19.1 Å². The largest absolute Gasteiger partial charge is 0.348 e. The van der Waals surface area contributed by atoms with E-state index in [2.05, 4.69) is 33.5 Å². The lowest BCUT2D eigenvalue weighted by Gasteiger charge is -2.09. The molecule has 134 valence electrons. The van der Waals surface area contributed by atoms with E-state index in [9.17, 15) is 9.59 Å². The second-order valence-electron chi connectivity index (χ2n) is 6.14. The van der Waals surface area contributed by atoms with E-state index < -0.39 is 11.8 Å². The minimum absolute atomic E-state index is 0.556. The number of halogens is 1. The molecule has 0 aromatic heterocycles. The molecule has 5 heteroatoms. The third-order valence-electron chi connectivity index (χ3n) is 3.96. The fraction of sp³-hybridized carbons (Fsp3) is 0.579. The van der Waals surface area contributed by atoms with Gasteiger partial charge in [-0.15, -0.1) is 0 Å². The Hall–Kier alpha value is -1.36. The normalized spacial score (nSPS) is 10.5. The fourth-order valence-electron chi connectivity index (χ4n) is 2.49. The molecule has 0 bridgehead atoms. The molecule has 4 nitrogen and oxygen atoms in total. The van der Waals surface area contributed by atoms with Gasteiger partial charge in [-0.3, -0.25) is 9.59 Å². The van der Waals surface area contributed by atoms with Gasteiger partial charge in [0.05, 0.1) is 0 Å². The van der Waals surface area contributed by atoms with E-state index in [4.69, 9.17) is 0 Å².